The number of hydrogen-bond acceptors (Lipinski definition) is 3. The van der Waals surface area contributed by atoms with E-state index in [0.29, 0.717) is 0 Å². The summed E-state index contributed by atoms with van der Waals surface area (Å²) in [4.78, 5) is 15.6. The topological polar surface area (TPSA) is 54.0 Å². The molecular formula is C13H17N3O. The molecule has 1 unspecified atom stereocenters. The maximum atomic E-state index is 11.6. The second-order valence-electron chi connectivity index (χ2n) is 3.82. The molecule has 1 aromatic rings. The molecule has 4 heteroatoms. The second-order valence-corrected chi connectivity index (χ2v) is 3.82. The average Bonchev–Trinajstić information content (AvgIpc) is 2.36. The lowest BCUT2D eigenvalue weighted by molar-refractivity contribution is -0.122. The van der Waals surface area contributed by atoms with Gasteiger partial charge in [-0.05, 0) is 25.5 Å². The number of rotatable bonds is 5. The number of amides is 1. The van der Waals surface area contributed by atoms with Crippen molar-refractivity contribution >= 4 is 5.91 Å². The molecule has 1 rings (SSSR count). The summed E-state index contributed by atoms with van der Waals surface area (Å²) >= 11 is 0. The molecule has 1 heterocycles. The van der Waals surface area contributed by atoms with Crippen molar-refractivity contribution in [1.82, 2.24) is 15.6 Å². The van der Waals surface area contributed by atoms with Crippen LogP contribution in [-0.4, -0.2) is 23.5 Å². The first-order chi connectivity index (χ1) is 8.15. The molecule has 0 aliphatic carbocycles. The molecule has 1 aromatic heterocycles. The Bertz CT molecular complexity index is 397. The molecule has 2 N–H and O–H groups in total. The minimum absolute atomic E-state index is 0.0651. The Labute approximate surface area is 102 Å². The molecule has 0 radical (unpaired) electrons. The Balaban J connectivity index is 2.49. The lowest BCUT2D eigenvalue weighted by Gasteiger charge is -2.19. The van der Waals surface area contributed by atoms with Crippen LogP contribution in [0.15, 0.2) is 24.5 Å². The van der Waals surface area contributed by atoms with Gasteiger partial charge in [0, 0.05) is 18.4 Å². The predicted octanol–water partition coefficient (Wildman–Crippen LogP) is 0.870. The van der Waals surface area contributed by atoms with Crippen molar-refractivity contribution in [2.75, 3.05) is 6.54 Å². The maximum Gasteiger partial charge on any atom is 0.237 e. The standard InChI is InChI=1S/C13H17N3O/c1-4-7-15-13(17)11(3)16-10(2)12-6-5-8-14-9-12/h1,5-6,8-11,16H,7H2,2-3H3,(H,15,17)/t10-,11?/m0/s1. The second kappa shape index (κ2) is 6.66. The summed E-state index contributed by atoms with van der Waals surface area (Å²) in [6.45, 7) is 4.05. The normalized spacial score (nSPS) is 13.5. The van der Waals surface area contributed by atoms with E-state index in [4.69, 9.17) is 6.42 Å². The van der Waals surface area contributed by atoms with E-state index in [1.165, 1.54) is 0 Å². The third kappa shape index (κ3) is 4.25. The molecule has 4 nitrogen and oxygen atoms in total. The van der Waals surface area contributed by atoms with Crippen LogP contribution in [0, 0.1) is 12.3 Å². The number of aromatic nitrogens is 1. The number of carbonyl (C=O) groups is 1. The molecule has 0 saturated carbocycles. The summed E-state index contributed by atoms with van der Waals surface area (Å²) in [5.41, 5.74) is 1.05. The zero-order valence-corrected chi connectivity index (χ0v) is 10.1. The van der Waals surface area contributed by atoms with Crippen LogP contribution < -0.4 is 10.6 Å². The molecule has 0 bridgehead atoms. The van der Waals surface area contributed by atoms with Gasteiger partial charge in [0.1, 0.15) is 0 Å². The average molecular weight is 231 g/mol. The molecule has 2 atom stereocenters. The Morgan fingerprint density at radius 3 is 2.94 bits per heavy atom. The molecule has 0 aliphatic rings. The van der Waals surface area contributed by atoms with Gasteiger partial charge in [-0.2, -0.15) is 0 Å². The van der Waals surface area contributed by atoms with Crippen LogP contribution >= 0.6 is 0 Å². The number of carbonyl (C=O) groups excluding carboxylic acids is 1. The lowest BCUT2D eigenvalue weighted by atomic mass is 10.1. The third-order valence-corrected chi connectivity index (χ3v) is 2.44. The van der Waals surface area contributed by atoms with Crippen LogP contribution in [0.25, 0.3) is 0 Å². The van der Waals surface area contributed by atoms with Crippen LogP contribution in [-0.2, 0) is 4.79 Å². The molecule has 0 fully saturated rings. The van der Waals surface area contributed by atoms with Gasteiger partial charge in [-0.3, -0.25) is 15.1 Å². The zero-order chi connectivity index (χ0) is 12.7. The van der Waals surface area contributed by atoms with E-state index >= 15 is 0 Å². The van der Waals surface area contributed by atoms with Gasteiger partial charge in [-0.1, -0.05) is 12.0 Å². The Hall–Kier alpha value is -1.86. The quantitative estimate of drug-likeness (QED) is 0.739. The van der Waals surface area contributed by atoms with Gasteiger partial charge in [-0.25, -0.2) is 0 Å². The van der Waals surface area contributed by atoms with Crippen LogP contribution in [0.4, 0.5) is 0 Å². The van der Waals surface area contributed by atoms with E-state index in [2.05, 4.69) is 21.5 Å². The number of hydrogen-bond donors (Lipinski definition) is 2. The highest BCUT2D eigenvalue weighted by atomic mass is 16.2. The van der Waals surface area contributed by atoms with Gasteiger partial charge >= 0.3 is 0 Å². The van der Waals surface area contributed by atoms with Crippen molar-refractivity contribution in [3.8, 4) is 12.3 Å². The fourth-order valence-corrected chi connectivity index (χ4v) is 1.47. The van der Waals surface area contributed by atoms with E-state index in [0.717, 1.165) is 5.56 Å². The van der Waals surface area contributed by atoms with E-state index in [9.17, 15) is 4.79 Å². The first kappa shape index (κ1) is 13.2. The minimum atomic E-state index is -0.293. The smallest absolute Gasteiger partial charge is 0.237 e. The van der Waals surface area contributed by atoms with Gasteiger partial charge in [0.25, 0.3) is 0 Å². The van der Waals surface area contributed by atoms with Crippen LogP contribution in [0.2, 0.25) is 0 Å². The van der Waals surface area contributed by atoms with Gasteiger partial charge in [-0.15, -0.1) is 6.42 Å². The van der Waals surface area contributed by atoms with Gasteiger partial charge < -0.3 is 5.32 Å². The Kier molecular flexibility index (Phi) is 5.18. The van der Waals surface area contributed by atoms with Crippen molar-refractivity contribution < 1.29 is 4.79 Å². The summed E-state index contributed by atoms with van der Waals surface area (Å²) in [7, 11) is 0. The van der Waals surface area contributed by atoms with Gasteiger partial charge in [0.05, 0.1) is 12.6 Å². The molecule has 0 saturated heterocycles. The van der Waals surface area contributed by atoms with Crippen molar-refractivity contribution in [1.29, 1.82) is 0 Å². The van der Waals surface area contributed by atoms with E-state index in [1.54, 1.807) is 19.3 Å². The number of nitrogens with one attached hydrogen (secondary N) is 2. The minimum Gasteiger partial charge on any atom is -0.344 e. The van der Waals surface area contributed by atoms with Gasteiger partial charge in [0.15, 0.2) is 0 Å². The molecule has 17 heavy (non-hydrogen) atoms. The van der Waals surface area contributed by atoms with Crippen molar-refractivity contribution in [2.45, 2.75) is 25.9 Å². The van der Waals surface area contributed by atoms with Crippen LogP contribution in [0.5, 0.6) is 0 Å². The molecule has 0 spiro atoms. The summed E-state index contributed by atoms with van der Waals surface area (Å²) in [5, 5.41) is 5.82. The zero-order valence-electron chi connectivity index (χ0n) is 10.1. The van der Waals surface area contributed by atoms with Crippen molar-refractivity contribution in [3.63, 3.8) is 0 Å². The lowest BCUT2D eigenvalue weighted by Crippen LogP contribution is -2.43. The fourth-order valence-electron chi connectivity index (χ4n) is 1.47. The molecule has 90 valence electrons. The van der Waals surface area contributed by atoms with Crippen LogP contribution in [0.3, 0.4) is 0 Å². The monoisotopic (exact) mass is 231 g/mol. The first-order valence-corrected chi connectivity index (χ1v) is 5.52. The van der Waals surface area contributed by atoms with E-state index < -0.39 is 0 Å². The summed E-state index contributed by atoms with van der Waals surface area (Å²) in [6, 6.07) is 3.61. The van der Waals surface area contributed by atoms with Crippen molar-refractivity contribution in [2.24, 2.45) is 0 Å². The molecule has 0 aromatic carbocycles. The molecule has 0 aliphatic heterocycles. The third-order valence-electron chi connectivity index (χ3n) is 2.44. The molecule has 1 amide bonds. The summed E-state index contributed by atoms with van der Waals surface area (Å²) in [5.74, 6) is 2.27. The highest BCUT2D eigenvalue weighted by molar-refractivity contribution is 5.81. The largest absolute Gasteiger partial charge is 0.344 e. The number of nitrogens with zero attached hydrogens (tertiary/aromatic N) is 1. The summed E-state index contributed by atoms with van der Waals surface area (Å²) in [6.07, 6.45) is 8.58. The highest BCUT2D eigenvalue weighted by Crippen LogP contribution is 2.10. The highest BCUT2D eigenvalue weighted by Gasteiger charge is 2.15. The van der Waals surface area contributed by atoms with Gasteiger partial charge in [0.2, 0.25) is 5.91 Å². The number of terminal acetylenes is 1. The fraction of sp³-hybridized carbons (Fsp3) is 0.385. The Morgan fingerprint density at radius 2 is 2.35 bits per heavy atom. The summed E-state index contributed by atoms with van der Waals surface area (Å²) < 4.78 is 0. The maximum absolute atomic E-state index is 11.6. The van der Waals surface area contributed by atoms with E-state index in [1.807, 2.05) is 19.1 Å². The van der Waals surface area contributed by atoms with Crippen LogP contribution in [0.1, 0.15) is 25.5 Å². The molecular weight excluding hydrogens is 214 g/mol. The SMILES string of the molecule is C#CCNC(=O)C(C)N[C@@H](C)c1cccnc1. The predicted molar refractivity (Wildman–Crippen MR) is 67.1 cm³/mol. The van der Waals surface area contributed by atoms with Crippen molar-refractivity contribution in [3.05, 3.63) is 30.1 Å². The first-order valence-electron chi connectivity index (χ1n) is 5.52. The number of pyridine rings is 1. The van der Waals surface area contributed by atoms with E-state index in [-0.39, 0.29) is 24.5 Å². The Morgan fingerprint density at radius 1 is 1.59 bits per heavy atom.